The highest BCUT2D eigenvalue weighted by molar-refractivity contribution is 5.90. The molecule has 0 heterocycles. The maximum atomic E-state index is 11.7. The summed E-state index contributed by atoms with van der Waals surface area (Å²) in [5, 5.41) is 6.73. The van der Waals surface area contributed by atoms with Gasteiger partial charge >= 0.3 is 5.97 Å². The van der Waals surface area contributed by atoms with E-state index in [0.717, 1.165) is 18.4 Å². The Hall–Kier alpha value is -2.70. The summed E-state index contributed by atoms with van der Waals surface area (Å²) in [6, 6.07) is 6.67. The van der Waals surface area contributed by atoms with Gasteiger partial charge in [-0.15, -0.1) is 0 Å². The number of nitrogens with one attached hydrogen (secondary N) is 2. The van der Waals surface area contributed by atoms with Crippen LogP contribution in [0.4, 0.5) is 0 Å². The number of nitrogens with zero attached hydrogens (tertiary/aromatic N) is 1. The number of hydrogen-bond donors (Lipinski definition) is 2. The van der Waals surface area contributed by atoms with E-state index in [1.54, 1.807) is 24.3 Å². The molecule has 7 heteroatoms. The lowest BCUT2D eigenvalue weighted by atomic mass is 10.1. The minimum atomic E-state index is -0.402. The summed E-state index contributed by atoms with van der Waals surface area (Å²) in [6.45, 7) is 2.79. The molecular formula is C19H27N3O4. The third-order valence-corrected chi connectivity index (χ3v) is 3.64. The van der Waals surface area contributed by atoms with Crippen LogP contribution in [-0.4, -0.2) is 37.7 Å². The second-order valence-corrected chi connectivity index (χ2v) is 5.82. The predicted octanol–water partition coefficient (Wildman–Crippen LogP) is 2.40. The lowest BCUT2D eigenvalue weighted by molar-refractivity contribution is -0.123. The first-order valence-corrected chi connectivity index (χ1v) is 8.83. The van der Waals surface area contributed by atoms with Gasteiger partial charge in [0.05, 0.1) is 18.9 Å². The summed E-state index contributed by atoms with van der Waals surface area (Å²) >= 11 is 0. The van der Waals surface area contributed by atoms with Crippen molar-refractivity contribution < 1.29 is 19.1 Å². The number of rotatable bonds is 11. The number of amides is 2. The Bertz CT molecular complexity index is 612. The number of benzene rings is 1. The van der Waals surface area contributed by atoms with Crippen LogP contribution in [0.5, 0.6) is 0 Å². The molecule has 0 radical (unpaired) electrons. The average Bonchev–Trinajstić information content (AvgIpc) is 2.65. The fourth-order valence-electron chi connectivity index (χ4n) is 2.12. The number of unbranched alkanes of at least 4 members (excludes halogenated alkanes) is 2. The molecule has 0 aliphatic carbocycles. The van der Waals surface area contributed by atoms with Crippen molar-refractivity contribution in [2.45, 2.75) is 45.4 Å². The zero-order chi connectivity index (χ0) is 19.2. The third kappa shape index (κ3) is 8.96. The summed E-state index contributed by atoms with van der Waals surface area (Å²) in [6.07, 6.45) is 5.60. The van der Waals surface area contributed by atoms with Crippen molar-refractivity contribution in [1.29, 1.82) is 0 Å². The van der Waals surface area contributed by atoms with Crippen LogP contribution >= 0.6 is 0 Å². The molecule has 0 fully saturated rings. The van der Waals surface area contributed by atoms with Gasteiger partial charge < -0.3 is 10.1 Å². The van der Waals surface area contributed by atoms with E-state index >= 15 is 0 Å². The zero-order valence-corrected chi connectivity index (χ0v) is 15.4. The van der Waals surface area contributed by atoms with Crippen LogP contribution in [0.1, 0.15) is 61.4 Å². The maximum absolute atomic E-state index is 11.7. The number of ether oxygens (including phenoxy) is 1. The van der Waals surface area contributed by atoms with Gasteiger partial charge in [-0.2, -0.15) is 5.10 Å². The molecule has 0 aliphatic rings. The number of carbonyl (C=O) groups is 3. The summed E-state index contributed by atoms with van der Waals surface area (Å²) in [5.41, 5.74) is 3.65. The van der Waals surface area contributed by atoms with Crippen molar-refractivity contribution in [3.63, 3.8) is 0 Å². The largest absolute Gasteiger partial charge is 0.465 e. The van der Waals surface area contributed by atoms with E-state index in [4.69, 9.17) is 0 Å². The average molecular weight is 361 g/mol. The summed E-state index contributed by atoms with van der Waals surface area (Å²) in [4.78, 5) is 34.5. The third-order valence-electron chi connectivity index (χ3n) is 3.64. The molecule has 1 aromatic carbocycles. The summed E-state index contributed by atoms with van der Waals surface area (Å²) < 4.78 is 4.62. The lowest BCUT2D eigenvalue weighted by Crippen LogP contribution is -2.24. The Kier molecular flexibility index (Phi) is 10.4. The van der Waals surface area contributed by atoms with Gasteiger partial charge in [0.1, 0.15) is 0 Å². The fourth-order valence-corrected chi connectivity index (χ4v) is 2.12. The van der Waals surface area contributed by atoms with E-state index in [1.165, 1.54) is 13.3 Å². The molecule has 0 saturated carbocycles. The standard InChI is InChI=1S/C19H27N3O4/c1-3-4-13-20-17(23)7-5-6-8-18(24)22-21-14-15-9-11-16(12-10-15)19(25)26-2/h9-12,14H,3-8,13H2,1-2H3,(H,20,23)(H,22,24)/b21-14-. The Labute approximate surface area is 154 Å². The Morgan fingerprint density at radius 1 is 1.04 bits per heavy atom. The van der Waals surface area contributed by atoms with E-state index in [0.29, 0.717) is 37.8 Å². The molecular weight excluding hydrogens is 334 g/mol. The minimum Gasteiger partial charge on any atom is -0.465 e. The number of methoxy groups -OCH3 is 1. The highest BCUT2D eigenvalue weighted by atomic mass is 16.5. The zero-order valence-electron chi connectivity index (χ0n) is 15.4. The predicted molar refractivity (Wildman–Crippen MR) is 99.9 cm³/mol. The molecule has 26 heavy (non-hydrogen) atoms. The van der Waals surface area contributed by atoms with E-state index in [1.807, 2.05) is 0 Å². The van der Waals surface area contributed by atoms with Gasteiger partial charge in [-0.05, 0) is 37.0 Å². The number of hydrazone groups is 1. The smallest absolute Gasteiger partial charge is 0.337 e. The van der Waals surface area contributed by atoms with Crippen LogP contribution in [0.2, 0.25) is 0 Å². The van der Waals surface area contributed by atoms with E-state index in [9.17, 15) is 14.4 Å². The van der Waals surface area contributed by atoms with Gasteiger partial charge in [-0.25, -0.2) is 10.2 Å². The van der Waals surface area contributed by atoms with Crippen LogP contribution in [0.15, 0.2) is 29.4 Å². The van der Waals surface area contributed by atoms with Crippen LogP contribution in [0, 0.1) is 0 Å². The first-order valence-electron chi connectivity index (χ1n) is 8.83. The van der Waals surface area contributed by atoms with Crippen molar-refractivity contribution in [2.75, 3.05) is 13.7 Å². The Balaban J connectivity index is 2.20. The van der Waals surface area contributed by atoms with Crippen molar-refractivity contribution in [2.24, 2.45) is 5.10 Å². The molecule has 0 aromatic heterocycles. The first-order chi connectivity index (χ1) is 12.6. The Morgan fingerprint density at radius 2 is 1.69 bits per heavy atom. The lowest BCUT2D eigenvalue weighted by Gasteiger charge is -2.04. The second-order valence-electron chi connectivity index (χ2n) is 5.82. The molecule has 0 spiro atoms. The Morgan fingerprint density at radius 3 is 2.31 bits per heavy atom. The van der Waals surface area contributed by atoms with Crippen LogP contribution in [0.3, 0.4) is 0 Å². The molecule has 2 amide bonds. The molecule has 2 N–H and O–H groups in total. The van der Waals surface area contributed by atoms with Crippen LogP contribution in [0.25, 0.3) is 0 Å². The van der Waals surface area contributed by atoms with Gasteiger partial charge in [-0.3, -0.25) is 9.59 Å². The van der Waals surface area contributed by atoms with Crippen molar-refractivity contribution >= 4 is 24.0 Å². The van der Waals surface area contributed by atoms with Gasteiger partial charge in [0, 0.05) is 19.4 Å². The maximum Gasteiger partial charge on any atom is 0.337 e. The molecule has 1 rings (SSSR count). The van der Waals surface area contributed by atoms with E-state index in [2.05, 4.69) is 27.5 Å². The molecule has 0 bridgehead atoms. The van der Waals surface area contributed by atoms with Gasteiger partial charge in [0.2, 0.25) is 11.8 Å². The summed E-state index contributed by atoms with van der Waals surface area (Å²) in [7, 11) is 1.33. The van der Waals surface area contributed by atoms with Crippen molar-refractivity contribution in [3.05, 3.63) is 35.4 Å². The van der Waals surface area contributed by atoms with Crippen molar-refractivity contribution in [3.8, 4) is 0 Å². The monoisotopic (exact) mass is 361 g/mol. The van der Waals surface area contributed by atoms with Crippen LogP contribution in [-0.2, 0) is 14.3 Å². The normalized spacial score (nSPS) is 10.5. The molecule has 0 saturated heterocycles. The molecule has 0 unspecified atom stereocenters. The first kappa shape index (κ1) is 21.3. The SMILES string of the molecule is CCCCNC(=O)CCCCC(=O)N/N=C\c1ccc(C(=O)OC)cc1. The molecule has 7 nitrogen and oxygen atoms in total. The fraction of sp³-hybridized carbons (Fsp3) is 0.474. The van der Waals surface area contributed by atoms with Gasteiger partial charge in [0.25, 0.3) is 0 Å². The number of carbonyl (C=O) groups excluding carboxylic acids is 3. The van der Waals surface area contributed by atoms with Crippen molar-refractivity contribution in [1.82, 2.24) is 10.7 Å². The second kappa shape index (κ2) is 12.6. The topological polar surface area (TPSA) is 96.9 Å². The molecule has 0 aliphatic heterocycles. The minimum absolute atomic E-state index is 0.0345. The number of hydrogen-bond acceptors (Lipinski definition) is 5. The highest BCUT2D eigenvalue weighted by Gasteiger charge is 2.04. The van der Waals surface area contributed by atoms with E-state index < -0.39 is 5.97 Å². The number of esters is 1. The highest BCUT2D eigenvalue weighted by Crippen LogP contribution is 2.04. The molecule has 0 atom stereocenters. The molecule has 1 aromatic rings. The molecule has 142 valence electrons. The van der Waals surface area contributed by atoms with E-state index in [-0.39, 0.29) is 11.8 Å². The van der Waals surface area contributed by atoms with Gasteiger partial charge in [0.15, 0.2) is 0 Å². The summed E-state index contributed by atoms with van der Waals surface area (Å²) in [5.74, 6) is -0.563. The van der Waals surface area contributed by atoms with Crippen LogP contribution < -0.4 is 10.7 Å². The van der Waals surface area contributed by atoms with Gasteiger partial charge in [-0.1, -0.05) is 25.5 Å². The quantitative estimate of drug-likeness (QED) is 0.274.